The maximum atomic E-state index is 12.6. The molecule has 0 aromatic heterocycles. The number of halogens is 3. The van der Waals surface area contributed by atoms with Crippen molar-refractivity contribution in [2.45, 2.75) is 6.61 Å². The van der Waals surface area contributed by atoms with Crippen molar-refractivity contribution in [3.05, 3.63) is 108 Å². The lowest BCUT2D eigenvalue weighted by Crippen LogP contribution is -2.13. The average Bonchev–Trinajstić information content (AvgIpc) is 2.82. The zero-order valence-corrected chi connectivity index (χ0v) is 23.0. The van der Waals surface area contributed by atoms with Crippen molar-refractivity contribution in [3.8, 4) is 11.8 Å². The molecule has 4 rings (SSSR count). The van der Waals surface area contributed by atoms with Crippen LogP contribution in [0.15, 0.2) is 93.4 Å². The third-order valence-electron chi connectivity index (χ3n) is 5.03. The molecule has 0 aliphatic carbocycles. The fraction of sp³-hybridized carbons (Fsp3) is 0.0370. The maximum absolute atomic E-state index is 12.6. The van der Waals surface area contributed by atoms with Crippen LogP contribution >= 0.6 is 54.5 Å². The van der Waals surface area contributed by atoms with Crippen LogP contribution in [0.3, 0.4) is 0 Å². The third-order valence-corrected chi connectivity index (χ3v) is 6.88. The zero-order chi connectivity index (χ0) is 24.1. The molecule has 4 nitrogen and oxygen atoms in total. The highest BCUT2D eigenvalue weighted by molar-refractivity contribution is 14.1. The Labute approximate surface area is 228 Å². The lowest BCUT2D eigenvalue weighted by atomic mass is 10.1. The second-order valence-electron chi connectivity index (χ2n) is 7.37. The Morgan fingerprint density at radius 1 is 1.00 bits per heavy atom. The summed E-state index contributed by atoms with van der Waals surface area (Å²) >= 11 is 9.30. The Morgan fingerprint density at radius 3 is 2.44 bits per heavy atom. The number of nitriles is 1. The zero-order valence-electron chi connectivity index (χ0n) is 17.7. The van der Waals surface area contributed by atoms with Crippen molar-refractivity contribution in [1.29, 1.82) is 5.26 Å². The number of hydrogen-bond donors (Lipinski definition) is 1. The summed E-state index contributed by atoms with van der Waals surface area (Å²) in [5.41, 5.74) is 2.41. The number of fused-ring (bicyclic) bond motifs is 1. The number of rotatable bonds is 6. The number of carbonyl (C=O) groups excluding carboxylic acids is 1. The number of ether oxygens (including phenoxy) is 1. The van der Waals surface area contributed by atoms with Crippen molar-refractivity contribution in [2.75, 3.05) is 5.32 Å². The molecule has 0 unspecified atom stereocenters. The lowest BCUT2D eigenvalue weighted by molar-refractivity contribution is -0.112. The first-order chi connectivity index (χ1) is 16.4. The minimum Gasteiger partial charge on any atom is -0.487 e. The Kier molecular flexibility index (Phi) is 8.03. The summed E-state index contributed by atoms with van der Waals surface area (Å²) in [6, 6.07) is 27.3. The molecule has 7 heteroatoms. The van der Waals surface area contributed by atoms with Gasteiger partial charge >= 0.3 is 0 Å². The molecule has 0 bridgehead atoms. The molecule has 1 amide bonds. The molecule has 0 saturated heterocycles. The van der Waals surface area contributed by atoms with Crippen molar-refractivity contribution >= 4 is 82.9 Å². The summed E-state index contributed by atoms with van der Waals surface area (Å²) in [5.74, 6) is 0.180. The summed E-state index contributed by atoms with van der Waals surface area (Å²) in [4.78, 5) is 12.6. The molecule has 0 radical (unpaired) electrons. The molecule has 0 heterocycles. The topological polar surface area (TPSA) is 62.1 Å². The molecule has 0 atom stereocenters. The molecular formula is C27H17Br2IN2O2. The van der Waals surface area contributed by atoms with Gasteiger partial charge in [-0.3, -0.25) is 4.79 Å². The van der Waals surface area contributed by atoms with E-state index in [9.17, 15) is 10.1 Å². The molecule has 0 fully saturated rings. The van der Waals surface area contributed by atoms with Crippen LogP contribution < -0.4 is 10.1 Å². The van der Waals surface area contributed by atoms with Crippen molar-refractivity contribution in [3.63, 3.8) is 0 Å². The minimum atomic E-state index is -0.465. The fourth-order valence-corrected chi connectivity index (χ4v) is 5.44. The predicted octanol–water partition coefficient (Wildman–Crippen LogP) is 8.09. The smallest absolute Gasteiger partial charge is 0.266 e. The van der Waals surface area contributed by atoms with Gasteiger partial charge in [-0.15, -0.1) is 0 Å². The van der Waals surface area contributed by atoms with E-state index in [1.165, 1.54) is 0 Å². The quantitative estimate of drug-likeness (QED) is 0.127. The van der Waals surface area contributed by atoms with E-state index in [0.29, 0.717) is 32.6 Å². The number of benzene rings is 4. The molecule has 4 aromatic carbocycles. The maximum Gasteiger partial charge on any atom is 0.266 e. The Morgan fingerprint density at radius 2 is 1.71 bits per heavy atom. The highest BCUT2D eigenvalue weighted by Crippen LogP contribution is 2.36. The second kappa shape index (κ2) is 11.2. The SMILES string of the molecule is N#C/C(=C\c1cc(Br)c(OCc2cccc3ccccc23)c(Br)c1)C(=O)Nc1cccc(I)c1. The molecule has 1 N–H and O–H groups in total. The number of anilines is 1. The van der Waals surface area contributed by atoms with Crippen LogP contribution in [0, 0.1) is 14.9 Å². The number of carbonyl (C=O) groups is 1. The highest BCUT2D eigenvalue weighted by Gasteiger charge is 2.13. The van der Waals surface area contributed by atoms with Gasteiger partial charge in [-0.1, -0.05) is 48.5 Å². The summed E-state index contributed by atoms with van der Waals surface area (Å²) in [5, 5.41) is 14.6. The van der Waals surface area contributed by atoms with Gasteiger partial charge in [-0.05, 0) is 113 Å². The minimum absolute atomic E-state index is 0.00193. The summed E-state index contributed by atoms with van der Waals surface area (Å²) in [6.07, 6.45) is 1.55. The van der Waals surface area contributed by atoms with E-state index < -0.39 is 5.91 Å². The van der Waals surface area contributed by atoms with Gasteiger partial charge in [0.1, 0.15) is 24.0 Å². The van der Waals surface area contributed by atoms with E-state index in [4.69, 9.17) is 4.74 Å². The van der Waals surface area contributed by atoms with Crippen LogP contribution in [0.5, 0.6) is 5.75 Å². The lowest BCUT2D eigenvalue weighted by Gasteiger charge is -2.13. The standard InChI is InChI=1S/C27H17Br2IN2O2/c28-24-12-17(11-20(15-31)27(33)32-22-9-4-8-21(30)14-22)13-25(29)26(24)34-16-19-7-3-6-18-5-1-2-10-23(18)19/h1-14H,16H2,(H,32,33)/b20-11+. The van der Waals surface area contributed by atoms with Crippen LogP contribution in [-0.2, 0) is 11.4 Å². The third kappa shape index (κ3) is 5.87. The molecule has 4 aromatic rings. The van der Waals surface area contributed by atoms with Crippen molar-refractivity contribution in [1.82, 2.24) is 0 Å². The van der Waals surface area contributed by atoms with Gasteiger partial charge in [0.15, 0.2) is 0 Å². The summed E-state index contributed by atoms with van der Waals surface area (Å²) in [7, 11) is 0. The van der Waals surface area contributed by atoms with Gasteiger partial charge in [0.2, 0.25) is 0 Å². The van der Waals surface area contributed by atoms with E-state index in [1.54, 1.807) is 12.1 Å². The first-order valence-electron chi connectivity index (χ1n) is 10.2. The second-order valence-corrected chi connectivity index (χ2v) is 10.3. The molecule has 0 spiro atoms. The van der Waals surface area contributed by atoms with E-state index in [1.807, 2.05) is 60.7 Å². The highest BCUT2D eigenvalue weighted by atomic mass is 127. The van der Waals surface area contributed by atoms with Gasteiger partial charge in [-0.2, -0.15) is 5.26 Å². The van der Waals surface area contributed by atoms with Gasteiger partial charge in [0.05, 0.1) is 8.95 Å². The monoisotopic (exact) mass is 686 g/mol. The van der Waals surface area contributed by atoms with Gasteiger partial charge in [-0.25, -0.2) is 0 Å². The first-order valence-corrected chi connectivity index (χ1v) is 12.9. The molecule has 0 aliphatic heterocycles. The normalized spacial score (nSPS) is 11.2. The Bertz CT molecular complexity index is 1430. The average molecular weight is 688 g/mol. The van der Waals surface area contributed by atoms with E-state index in [2.05, 4.69) is 78.0 Å². The Hall–Kier alpha value is -2.67. The molecule has 34 heavy (non-hydrogen) atoms. The summed E-state index contributed by atoms with van der Waals surface area (Å²) < 4.78 is 8.54. The van der Waals surface area contributed by atoms with Crippen LogP contribution in [0.4, 0.5) is 5.69 Å². The van der Waals surface area contributed by atoms with Crippen LogP contribution in [0.1, 0.15) is 11.1 Å². The summed E-state index contributed by atoms with van der Waals surface area (Å²) in [6.45, 7) is 0.398. The van der Waals surface area contributed by atoms with E-state index >= 15 is 0 Å². The van der Waals surface area contributed by atoms with Gasteiger partial charge < -0.3 is 10.1 Å². The van der Waals surface area contributed by atoms with E-state index in [0.717, 1.165) is 19.9 Å². The van der Waals surface area contributed by atoms with Crippen LogP contribution in [-0.4, -0.2) is 5.91 Å². The first kappa shape index (κ1) is 24.5. The van der Waals surface area contributed by atoms with E-state index in [-0.39, 0.29) is 5.57 Å². The van der Waals surface area contributed by atoms with Crippen molar-refractivity contribution in [2.24, 2.45) is 0 Å². The molecule has 168 valence electrons. The molecule has 0 aliphatic rings. The number of nitrogens with zero attached hydrogens (tertiary/aromatic N) is 1. The molecule has 0 saturated carbocycles. The largest absolute Gasteiger partial charge is 0.487 e. The van der Waals surface area contributed by atoms with Gasteiger partial charge in [0.25, 0.3) is 5.91 Å². The van der Waals surface area contributed by atoms with Crippen LogP contribution in [0.2, 0.25) is 0 Å². The number of hydrogen-bond acceptors (Lipinski definition) is 3. The predicted molar refractivity (Wildman–Crippen MR) is 152 cm³/mol. The van der Waals surface area contributed by atoms with Gasteiger partial charge in [0, 0.05) is 9.26 Å². The number of nitrogens with one attached hydrogen (secondary N) is 1. The Balaban J connectivity index is 1.53. The molecular weight excluding hydrogens is 671 g/mol. The fourth-order valence-electron chi connectivity index (χ4n) is 3.45. The van der Waals surface area contributed by atoms with Crippen LogP contribution in [0.25, 0.3) is 16.8 Å². The number of amides is 1. The van der Waals surface area contributed by atoms with Crippen molar-refractivity contribution < 1.29 is 9.53 Å².